The van der Waals surface area contributed by atoms with E-state index in [4.69, 9.17) is 21.5 Å². The molecule has 120 valence electrons. The van der Waals surface area contributed by atoms with Crippen LogP contribution in [-0.4, -0.2) is 44.9 Å². The monoisotopic (exact) mass is 346 g/mol. The highest BCUT2D eigenvalue weighted by Crippen LogP contribution is 2.22. The van der Waals surface area contributed by atoms with E-state index in [1.165, 1.54) is 12.1 Å². The fourth-order valence-corrected chi connectivity index (χ4v) is 3.19. The molecule has 0 spiro atoms. The molecule has 1 aromatic carbocycles. The van der Waals surface area contributed by atoms with Gasteiger partial charge in [0.05, 0.1) is 10.6 Å². The number of primary sulfonamides is 1. The Morgan fingerprint density at radius 1 is 1.27 bits per heavy atom. The summed E-state index contributed by atoms with van der Waals surface area (Å²) in [6.45, 7) is 0.936. The topological polar surface area (TPSA) is 107 Å². The average molecular weight is 347 g/mol. The highest BCUT2D eigenvalue weighted by Gasteiger charge is 2.21. The van der Waals surface area contributed by atoms with Gasteiger partial charge >= 0.3 is 5.97 Å². The third kappa shape index (κ3) is 3.96. The zero-order chi connectivity index (χ0) is 16.3. The minimum absolute atomic E-state index is 0.0392. The summed E-state index contributed by atoms with van der Waals surface area (Å²) in [5.41, 5.74) is -0.0392. The maximum absolute atomic E-state index is 11.9. The van der Waals surface area contributed by atoms with Gasteiger partial charge in [0, 0.05) is 13.1 Å². The molecule has 0 saturated carbocycles. The SMILES string of the molecule is NS(=O)(=O)c1cc(C(=O)OCC(=O)N2CCCC2)ccc1Cl. The van der Waals surface area contributed by atoms with Gasteiger partial charge in [0.1, 0.15) is 4.90 Å². The van der Waals surface area contributed by atoms with E-state index in [9.17, 15) is 18.0 Å². The summed E-state index contributed by atoms with van der Waals surface area (Å²) < 4.78 is 27.6. The number of halogens is 1. The third-order valence-corrected chi connectivity index (χ3v) is 4.65. The van der Waals surface area contributed by atoms with Crippen LogP contribution in [-0.2, 0) is 19.6 Å². The van der Waals surface area contributed by atoms with Crippen LogP contribution in [0, 0.1) is 0 Å². The summed E-state index contributed by atoms with van der Waals surface area (Å²) in [6.07, 6.45) is 1.88. The van der Waals surface area contributed by atoms with Gasteiger partial charge in [-0.15, -0.1) is 0 Å². The Kier molecular flexibility index (Phi) is 5.05. The molecule has 1 aliphatic rings. The van der Waals surface area contributed by atoms with Crippen LogP contribution in [0.25, 0.3) is 0 Å². The molecule has 0 radical (unpaired) electrons. The predicted molar refractivity (Wildman–Crippen MR) is 78.9 cm³/mol. The molecule has 1 amide bonds. The second kappa shape index (κ2) is 6.64. The quantitative estimate of drug-likeness (QED) is 0.810. The first-order valence-corrected chi connectivity index (χ1v) is 8.49. The minimum Gasteiger partial charge on any atom is -0.452 e. The standard InChI is InChI=1S/C13H15ClN2O5S/c14-10-4-3-9(7-11(10)22(15,19)20)13(18)21-8-12(17)16-5-1-2-6-16/h3-4,7H,1-2,5-6,8H2,(H2,15,19,20). The predicted octanol–water partition coefficient (Wildman–Crippen LogP) is 0.767. The molecular weight excluding hydrogens is 332 g/mol. The Morgan fingerprint density at radius 3 is 2.50 bits per heavy atom. The molecule has 0 aromatic heterocycles. The molecular formula is C13H15ClN2O5S. The van der Waals surface area contributed by atoms with Crippen molar-refractivity contribution >= 4 is 33.5 Å². The maximum Gasteiger partial charge on any atom is 0.338 e. The Hall–Kier alpha value is -1.64. The largest absolute Gasteiger partial charge is 0.452 e. The summed E-state index contributed by atoms with van der Waals surface area (Å²) in [6, 6.07) is 3.57. The number of nitrogens with zero attached hydrogens (tertiary/aromatic N) is 1. The average Bonchev–Trinajstić information content (AvgIpc) is 2.97. The Bertz CT molecular complexity index is 698. The van der Waals surface area contributed by atoms with Gasteiger partial charge in [-0.1, -0.05) is 11.6 Å². The first-order valence-electron chi connectivity index (χ1n) is 6.56. The van der Waals surface area contributed by atoms with Crippen molar-refractivity contribution in [2.75, 3.05) is 19.7 Å². The van der Waals surface area contributed by atoms with E-state index < -0.39 is 16.0 Å². The van der Waals surface area contributed by atoms with Crippen LogP contribution in [0.15, 0.2) is 23.1 Å². The second-order valence-electron chi connectivity index (χ2n) is 4.85. The van der Waals surface area contributed by atoms with Gasteiger partial charge < -0.3 is 9.64 Å². The molecule has 1 aliphatic heterocycles. The van der Waals surface area contributed by atoms with Crippen LogP contribution >= 0.6 is 11.6 Å². The Morgan fingerprint density at radius 2 is 1.91 bits per heavy atom. The maximum atomic E-state index is 11.9. The molecule has 7 nitrogen and oxygen atoms in total. The third-order valence-electron chi connectivity index (χ3n) is 3.26. The van der Waals surface area contributed by atoms with E-state index in [1.807, 2.05) is 0 Å². The zero-order valence-corrected chi connectivity index (χ0v) is 13.2. The fourth-order valence-electron chi connectivity index (χ4n) is 2.12. The molecule has 22 heavy (non-hydrogen) atoms. The lowest BCUT2D eigenvalue weighted by Gasteiger charge is -2.15. The normalized spacial score (nSPS) is 14.9. The lowest BCUT2D eigenvalue weighted by molar-refractivity contribution is -0.133. The number of esters is 1. The number of rotatable bonds is 4. The number of carbonyl (C=O) groups excluding carboxylic acids is 2. The van der Waals surface area contributed by atoms with Crippen LogP contribution in [0.3, 0.4) is 0 Å². The van der Waals surface area contributed by atoms with Gasteiger partial charge in [0.15, 0.2) is 6.61 Å². The summed E-state index contributed by atoms with van der Waals surface area (Å²) in [5, 5.41) is 4.92. The van der Waals surface area contributed by atoms with Crippen molar-refractivity contribution in [3.05, 3.63) is 28.8 Å². The number of amides is 1. The first-order chi connectivity index (χ1) is 10.3. The van der Waals surface area contributed by atoms with E-state index in [2.05, 4.69) is 0 Å². The number of nitrogens with two attached hydrogens (primary N) is 1. The van der Waals surface area contributed by atoms with Crippen LogP contribution in [0.5, 0.6) is 0 Å². The number of benzene rings is 1. The number of carbonyl (C=O) groups is 2. The van der Waals surface area contributed by atoms with E-state index in [1.54, 1.807) is 4.90 Å². The van der Waals surface area contributed by atoms with E-state index >= 15 is 0 Å². The van der Waals surface area contributed by atoms with Gasteiger partial charge in [-0.3, -0.25) is 4.79 Å². The lowest BCUT2D eigenvalue weighted by atomic mass is 10.2. The van der Waals surface area contributed by atoms with Crippen molar-refractivity contribution in [1.82, 2.24) is 4.90 Å². The van der Waals surface area contributed by atoms with Gasteiger partial charge in [0.25, 0.3) is 5.91 Å². The fraction of sp³-hybridized carbons (Fsp3) is 0.385. The summed E-state index contributed by atoms with van der Waals surface area (Å²) in [7, 11) is -4.05. The number of likely N-dealkylation sites (tertiary alicyclic amines) is 1. The van der Waals surface area contributed by atoms with Gasteiger partial charge in [-0.2, -0.15) is 0 Å². The van der Waals surface area contributed by atoms with Crippen molar-refractivity contribution < 1.29 is 22.7 Å². The first kappa shape index (κ1) is 16.7. The Balaban J connectivity index is 2.05. The van der Waals surface area contributed by atoms with Crippen LogP contribution in [0.4, 0.5) is 0 Å². The highest BCUT2D eigenvalue weighted by atomic mass is 35.5. The van der Waals surface area contributed by atoms with E-state index in [0.29, 0.717) is 13.1 Å². The van der Waals surface area contributed by atoms with E-state index in [0.717, 1.165) is 18.9 Å². The summed E-state index contributed by atoms with van der Waals surface area (Å²) >= 11 is 5.73. The van der Waals surface area contributed by atoms with Crippen LogP contribution in [0.2, 0.25) is 5.02 Å². The van der Waals surface area contributed by atoms with Crippen molar-refractivity contribution in [2.45, 2.75) is 17.7 Å². The molecule has 1 heterocycles. The summed E-state index contributed by atoms with van der Waals surface area (Å²) in [4.78, 5) is 24.9. The number of sulfonamides is 1. The molecule has 1 fully saturated rings. The van der Waals surface area contributed by atoms with Crippen molar-refractivity contribution in [3.63, 3.8) is 0 Å². The van der Waals surface area contributed by atoms with E-state index in [-0.39, 0.29) is 28.0 Å². The molecule has 2 rings (SSSR count). The minimum atomic E-state index is -4.05. The molecule has 1 aromatic rings. The van der Waals surface area contributed by atoms with Crippen LogP contribution < -0.4 is 5.14 Å². The van der Waals surface area contributed by atoms with Crippen molar-refractivity contribution in [2.24, 2.45) is 5.14 Å². The summed E-state index contributed by atoms with van der Waals surface area (Å²) in [5.74, 6) is -1.08. The number of hydrogen-bond donors (Lipinski definition) is 1. The second-order valence-corrected chi connectivity index (χ2v) is 6.79. The molecule has 0 unspecified atom stereocenters. The van der Waals surface area contributed by atoms with Gasteiger partial charge in [-0.05, 0) is 31.0 Å². The smallest absolute Gasteiger partial charge is 0.338 e. The number of ether oxygens (including phenoxy) is 1. The van der Waals surface area contributed by atoms with Crippen molar-refractivity contribution in [1.29, 1.82) is 0 Å². The molecule has 9 heteroatoms. The molecule has 2 N–H and O–H groups in total. The lowest BCUT2D eigenvalue weighted by Crippen LogP contribution is -2.32. The Labute approximate surface area is 133 Å². The highest BCUT2D eigenvalue weighted by molar-refractivity contribution is 7.89. The zero-order valence-electron chi connectivity index (χ0n) is 11.6. The molecule has 1 saturated heterocycles. The number of hydrogen-bond acceptors (Lipinski definition) is 5. The van der Waals surface area contributed by atoms with Gasteiger partial charge in [-0.25, -0.2) is 18.4 Å². The molecule has 0 bridgehead atoms. The van der Waals surface area contributed by atoms with Crippen molar-refractivity contribution in [3.8, 4) is 0 Å². The molecule has 0 aliphatic carbocycles. The van der Waals surface area contributed by atoms with Crippen LogP contribution in [0.1, 0.15) is 23.2 Å². The van der Waals surface area contributed by atoms with Gasteiger partial charge in [0.2, 0.25) is 10.0 Å². The molecule has 0 atom stereocenters.